The molecule has 2 aliphatic rings. The van der Waals surface area contributed by atoms with Gasteiger partial charge in [0, 0.05) is 29.1 Å². The standard InChI is InChI=1S/C19H20ClN3O2S/c1-11-10-23-18(12-8-15(24-2)16(25-3)9-13(12)20)17(22-19(23)26-11)14-6-4-5-7-21-14/h4-9,11,17-18H,10H2,1-3H3. The lowest BCUT2D eigenvalue weighted by atomic mass is 9.96. The highest BCUT2D eigenvalue weighted by molar-refractivity contribution is 8.14. The van der Waals surface area contributed by atoms with Gasteiger partial charge in [-0.25, -0.2) is 0 Å². The molecule has 2 aliphatic heterocycles. The number of aromatic nitrogens is 1. The highest BCUT2D eigenvalue weighted by Gasteiger charge is 2.44. The average Bonchev–Trinajstić information content (AvgIpc) is 3.18. The van der Waals surface area contributed by atoms with Crippen LogP contribution in [-0.2, 0) is 0 Å². The van der Waals surface area contributed by atoms with Gasteiger partial charge in [0.05, 0.1) is 26.0 Å². The van der Waals surface area contributed by atoms with Crippen molar-refractivity contribution in [2.75, 3.05) is 20.8 Å². The number of ether oxygens (including phenoxy) is 2. The number of hydrogen-bond donors (Lipinski definition) is 0. The highest BCUT2D eigenvalue weighted by atomic mass is 35.5. The zero-order valence-corrected chi connectivity index (χ0v) is 16.4. The molecule has 0 amide bonds. The Kier molecular flexibility index (Phi) is 4.71. The first-order chi connectivity index (χ1) is 12.6. The topological polar surface area (TPSA) is 47.0 Å². The normalized spacial score (nSPS) is 24.4. The molecule has 1 fully saturated rings. The number of thioether (sulfide) groups is 1. The van der Waals surface area contributed by atoms with E-state index in [1.807, 2.05) is 36.5 Å². The molecule has 1 saturated heterocycles. The molecule has 0 saturated carbocycles. The maximum absolute atomic E-state index is 6.66. The second-order valence-electron chi connectivity index (χ2n) is 6.37. The number of pyridine rings is 1. The summed E-state index contributed by atoms with van der Waals surface area (Å²) in [7, 11) is 3.25. The summed E-state index contributed by atoms with van der Waals surface area (Å²) < 4.78 is 10.9. The highest BCUT2D eigenvalue weighted by Crippen LogP contribution is 2.50. The van der Waals surface area contributed by atoms with Gasteiger partial charge in [0.1, 0.15) is 6.04 Å². The molecule has 26 heavy (non-hydrogen) atoms. The Morgan fingerprint density at radius 1 is 1.19 bits per heavy atom. The summed E-state index contributed by atoms with van der Waals surface area (Å²) in [5, 5.41) is 2.21. The smallest absolute Gasteiger partial charge is 0.162 e. The van der Waals surface area contributed by atoms with Crippen molar-refractivity contribution in [1.82, 2.24) is 9.88 Å². The molecule has 2 aromatic rings. The molecule has 7 heteroatoms. The number of aliphatic imine (C=N–C) groups is 1. The van der Waals surface area contributed by atoms with Crippen LogP contribution in [-0.4, -0.2) is 41.1 Å². The first-order valence-corrected chi connectivity index (χ1v) is 9.71. The van der Waals surface area contributed by atoms with Crippen LogP contribution in [0.25, 0.3) is 0 Å². The predicted molar refractivity (Wildman–Crippen MR) is 105 cm³/mol. The van der Waals surface area contributed by atoms with Gasteiger partial charge >= 0.3 is 0 Å². The van der Waals surface area contributed by atoms with Gasteiger partial charge in [0.25, 0.3) is 0 Å². The van der Waals surface area contributed by atoms with Gasteiger partial charge in [-0.15, -0.1) is 0 Å². The van der Waals surface area contributed by atoms with Crippen molar-refractivity contribution in [3.05, 3.63) is 52.8 Å². The number of rotatable bonds is 4. The van der Waals surface area contributed by atoms with E-state index in [0.29, 0.717) is 21.8 Å². The van der Waals surface area contributed by atoms with Crippen LogP contribution in [0.3, 0.4) is 0 Å². The molecule has 3 atom stereocenters. The summed E-state index contributed by atoms with van der Waals surface area (Å²) in [6, 6.07) is 9.61. The van der Waals surface area contributed by atoms with Crippen molar-refractivity contribution in [3.63, 3.8) is 0 Å². The van der Waals surface area contributed by atoms with Gasteiger partial charge in [-0.3, -0.25) is 9.98 Å². The maximum atomic E-state index is 6.66. The van der Waals surface area contributed by atoms with Crippen molar-refractivity contribution in [2.24, 2.45) is 4.99 Å². The van der Waals surface area contributed by atoms with Crippen molar-refractivity contribution in [3.8, 4) is 11.5 Å². The van der Waals surface area contributed by atoms with Crippen LogP contribution in [0.5, 0.6) is 11.5 Å². The number of amidine groups is 1. The summed E-state index contributed by atoms with van der Waals surface area (Å²) >= 11 is 8.46. The van der Waals surface area contributed by atoms with Crippen molar-refractivity contribution < 1.29 is 9.47 Å². The Morgan fingerprint density at radius 3 is 2.65 bits per heavy atom. The average molecular weight is 390 g/mol. The first-order valence-electron chi connectivity index (χ1n) is 8.45. The van der Waals surface area contributed by atoms with Crippen LogP contribution in [0.2, 0.25) is 5.02 Å². The quantitative estimate of drug-likeness (QED) is 0.778. The molecule has 5 nitrogen and oxygen atoms in total. The largest absolute Gasteiger partial charge is 0.493 e. The number of halogens is 1. The lowest BCUT2D eigenvalue weighted by molar-refractivity contribution is 0.317. The number of fused-ring (bicyclic) bond motifs is 1. The summed E-state index contributed by atoms with van der Waals surface area (Å²) in [6.07, 6.45) is 1.81. The molecule has 136 valence electrons. The first kappa shape index (κ1) is 17.5. The molecule has 0 N–H and O–H groups in total. The van der Waals surface area contributed by atoms with E-state index < -0.39 is 0 Å². The molecule has 1 aromatic heterocycles. The SMILES string of the molecule is COc1cc(Cl)c(C2C(c3ccccn3)N=C3SC(C)CN32)cc1OC. The van der Waals surface area contributed by atoms with E-state index in [0.717, 1.165) is 23.0 Å². The lowest BCUT2D eigenvalue weighted by Gasteiger charge is -2.28. The Balaban J connectivity index is 1.82. The van der Waals surface area contributed by atoms with E-state index in [2.05, 4.69) is 16.8 Å². The number of benzene rings is 1. The van der Waals surface area contributed by atoms with E-state index in [4.69, 9.17) is 26.1 Å². The molecule has 3 heterocycles. The van der Waals surface area contributed by atoms with Crippen molar-refractivity contribution in [1.29, 1.82) is 0 Å². The predicted octanol–water partition coefficient (Wildman–Crippen LogP) is 4.34. The summed E-state index contributed by atoms with van der Waals surface area (Å²) in [5.41, 5.74) is 1.92. The zero-order valence-electron chi connectivity index (χ0n) is 14.8. The van der Waals surface area contributed by atoms with E-state index in [1.54, 1.807) is 26.0 Å². The Bertz CT molecular complexity index is 846. The van der Waals surface area contributed by atoms with E-state index in [-0.39, 0.29) is 12.1 Å². The van der Waals surface area contributed by atoms with Gasteiger partial charge in [0.15, 0.2) is 16.7 Å². The Labute approximate surface area is 162 Å². The molecular formula is C19H20ClN3O2S. The minimum atomic E-state index is -0.0956. The van der Waals surface area contributed by atoms with E-state index >= 15 is 0 Å². The van der Waals surface area contributed by atoms with E-state index in [9.17, 15) is 0 Å². The third kappa shape index (κ3) is 2.91. The third-order valence-corrected chi connectivity index (χ3v) is 6.13. The van der Waals surface area contributed by atoms with Gasteiger partial charge in [-0.1, -0.05) is 36.4 Å². The number of nitrogens with zero attached hydrogens (tertiary/aromatic N) is 3. The van der Waals surface area contributed by atoms with Gasteiger partial charge in [-0.05, 0) is 23.8 Å². The number of hydrogen-bond acceptors (Lipinski definition) is 6. The fourth-order valence-electron chi connectivity index (χ4n) is 3.55. The second-order valence-corrected chi connectivity index (χ2v) is 8.18. The Hall–Kier alpha value is -1.92. The minimum absolute atomic E-state index is 0.00958. The fourth-order valence-corrected chi connectivity index (χ4v) is 4.91. The fraction of sp³-hybridized carbons (Fsp3) is 0.368. The lowest BCUT2D eigenvalue weighted by Crippen LogP contribution is -2.28. The number of methoxy groups -OCH3 is 2. The molecule has 4 rings (SSSR count). The second kappa shape index (κ2) is 7.00. The van der Waals surface area contributed by atoms with Crippen molar-refractivity contribution in [2.45, 2.75) is 24.3 Å². The molecular weight excluding hydrogens is 370 g/mol. The summed E-state index contributed by atoms with van der Waals surface area (Å²) in [4.78, 5) is 11.9. The van der Waals surface area contributed by atoms with Crippen LogP contribution < -0.4 is 9.47 Å². The van der Waals surface area contributed by atoms with Gasteiger partial charge < -0.3 is 14.4 Å². The van der Waals surface area contributed by atoms with Crippen molar-refractivity contribution >= 4 is 28.5 Å². The summed E-state index contributed by atoms with van der Waals surface area (Å²) in [5.74, 6) is 1.29. The van der Waals surface area contributed by atoms with Crippen LogP contribution in [0.1, 0.15) is 30.3 Å². The molecule has 0 spiro atoms. The van der Waals surface area contributed by atoms with Gasteiger partial charge in [-0.2, -0.15) is 0 Å². The maximum Gasteiger partial charge on any atom is 0.162 e. The van der Waals surface area contributed by atoms with Crippen LogP contribution in [0, 0.1) is 0 Å². The Morgan fingerprint density at radius 2 is 1.96 bits per heavy atom. The molecule has 3 unspecified atom stereocenters. The van der Waals surface area contributed by atoms with Crippen LogP contribution in [0.15, 0.2) is 41.5 Å². The van der Waals surface area contributed by atoms with Crippen LogP contribution >= 0.6 is 23.4 Å². The third-order valence-electron chi connectivity index (χ3n) is 4.70. The van der Waals surface area contributed by atoms with Gasteiger partial charge in [0.2, 0.25) is 0 Å². The monoisotopic (exact) mass is 389 g/mol. The molecule has 0 bridgehead atoms. The zero-order chi connectivity index (χ0) is 18.3. The van der Waals surface area contributed by atoms with E-state index in [1.165, 1.54) is 0 Å². The summed E-state index contributed by atoms with van der Waals surface area (Å²) in [6.45, 7) is 3.15. The van der Waals surface area contributed by atoms with Crippen LogP contribution in [0.4, 0.5) is 0 Å². The molecule has 0 radical (unpaired) electrons. The molecule has 1 aromatic carbocycles. The molecule has 0 aliphatic carbocycles. The minimum Gasteiger partial charge on any atom is -0.493 e.